The van der Waals surface area contributed by atoms with Crippen LogP contribution in [-0.4, -0.2) is 19.0 Å². The molecule has 0 saturated heterocycles. The first-order valence-electron chi connectivity index (χ1n) is 8.55. The van der Waals surface area contributed by atoms with Crippen molar-refractivity contribution in [1.82, 2.24) is 0 Å². The Bertz CT molecular complexity index is 1070. The van der Waals surface area contributed by atoms with E-state index in [1.54, 1.807) is 24.3 Å². The van der Waals surface area contributed by atoms with Crippen molar-refractivity contribution in [2.45, 2.75) is 13.8 Å². The molecule has 1 heterocycles. The first-order valence-corrected chi connectivity index (χ1v) is 9.31. The van der Waals surface area contributed by atoms with E-state index in [0.29, 0.717) is 21.3 Å². The average Bonchev–Trinajstić information content (AvgIpc) is 2.64. The predicted molar refractivity (Wildman–Crippen MR) is 110 cm³/mol. The third-order valence-electron chi connectivity index (χ3n) is 4.26. The molecule has 0 fully saturated rings. The Morgan fingerprint density at radius 2 is 1.85 bits per heavy atom. The van der Waals surface area contributed by atoms with E-state index in [9.17, 15) is 4.79 Å². The molecular formula is C20H19Cl2N3O2. The summed E-state index contributed by atoms with van der Waals surface area (Å²) < 4.78 is 5.94. The standard InChI is InChI=1S/C20H19Cl2N3O2/c1-3-25(4-2)14-7-5-12-9-15(19(23)26)20(27-18(12)11-14)24-17-8-6-13(21)10-16(17)22/h5-11H,3-4H2,1-2H3,(H2,23,26). The minimum absolute atomic E-state index is 0.107. The van der Waals surface area contributed by atoms with Gasteiger partial charge < -0.3 is 15.1 Å². The number of primary amides is 1. The highest BCUT2D eigenvalue weighted by molar-refractivity contribution is 6.36. The fraction of sp³-hybridized carbons (Fsp3) is 0.200. The van der Waals surface area contributed by atoms with Gasteiger partial charge in [0.15, 0.2) is 0 Å². The highest BCUT2D eigenvalue weighted by atomic mass is 35.5. The third-order valence-corrected chi connectivity index (χ3v) is 4.80. The van der Waals surface area contributed by atoms with Crippen molar-refractivity contribution in [3.63, 3.8) is 0 Å². The molecule has 0 bridgehead atoms. The summed E-state index contributed by atoms with van der Waals surface area (Å²) in [6.45, 7) is 5.92. The number of carbonyl (C=O) groups excluding carboxylic acids is 1. The Labute approximate surface area is 167 Å². The van der Waals surface area contributed by atoms with Crippen LogP contribution >= 0.6 is 23.2 Å². The number of nitrogens with two attached hydrogens (primary N) is 1. The Balaban J connectivity index is 2.24. The smallest absolute Gasteiger partial charge is 0.254 e. The molecule has 3 aromatic rings. The van der Waals surface area contributed by atoms with Gasteiger partial charge in [-0.15, -0.1) is 0 Å². The monoisotopic (exact) mass is 403 g/mol. The van der Waals surface area contributed by atoms with Gasteiger partial charge in [0.05, 0.1) is 10.7 Å². The van der Waals surface area contributed by atoms with Gasteiger partial charge >= 0.3 is 0 Å². The Hall–Kier alpha value is -2.50. The second-order valence-corrected chi connectivity index (χ2v) is 6.78. The number of carbonyl (C=O) groups is 1. The van der Waals surface area contributed by atoms with E-state index in [2.05, 4.69) is 23.7 Å². The number of rotatable bonds is 5. The summed E-state index contributed by atoms with van der Waals surface area (Å²) in [4.78, 5) is 18.5. The van der Waals surface area contributed by atoms with E-state index in [1.807, 2.05) is 18.2 Å². The molecule has 0 aliphatic carbocycles. The van der Waals surface area contributed by atoms with E-state index in [1.165, 1.54) is 0 Å². The molecule has 0 spiro atoms. The van der Waals surface area contributed by atoms with Gasteiger partial charge in [0.1, 0.15) is 11.1 Å². The number of benzene rings is 2. The summed E-state index contributed by atoms with van der Waals surface area (Å²) in [5.74, 6) is -0.627. The molecule has 7 heteroatoms. The van der Waals surface area contributed by atoms with Gasteiger partial charge in [-0.05, 0) is 50.2 Å². The second-order valence-electron chi connectivity index (χ2n) is 5.93. The quantitative estimate of drug-likeness (QED) is 0.656. The molecule has 0 aliphatic rings. The van der Waals surface area contributed by atoms with Gasteiger partial charge in [0.2, 0.25) is 5.55 Å². The number of anilines is 1. The maximum Gasteiger partial charge on any atom is 0.254 e. The lowest BCUT2D eigenvalue weighted by Gasteiger charge is -2.21. The highest BCUT2D eigenvalue weighted by Gasteiger charge is 2.12. The van der Waals surface area contributed by atoms with Gasteiger partial charge in [-0.25, -0.2) is 4.99 Å². The van der Waals surface area contributed by atoms with Crippen molar-refractivity contribution in [1.29, 1.82) is 0 Å². The zero-order valence-electron chi connectivity index (χ0n) is 15.0. The lowest BCUT2D eigenvalue weighted by Crippen LogP contribution is -2.23. The van der Waals surface area contributed by atoms with Gasteiger partial charge in [0.25, 0.3) is 5.91 Å². The number of hydrogen-bond donors (Lipinski definition) is 1. The highest BCUT2D eigenvalue weighted by Crippen LogP contribution is 2.28. The summed E-state index contributed by atoms with van der Waals surface area (Å²) in [5.41, 5.74) is 7.88. The van der Waals surface area contributed by atoms with Crippen molar-refractivity contribution < 1.29 is 9.21 Å². The van der Waals surface area contributed by atoms with Crippen molar-refractivity contribution in [3.05, 3.63) is 63.6 Å². The molecule has 0 saturated carbocycles. The first kappa shape index (κ1) is 19.3. The van der Waals surface area contributed by atoms with E-state index in [4.69, 9.17) is 33.4 Å². The van der Waals surface area contributed by atoms with E-state index >= 15 is 0 Å². The van der Waals surface area contributed by atoms with Crippen LogP contribution in [0.1, 0.15) is 24.2 Å². The molecule has 0 radical (unpaired) electrons. The van der Waals surface area contributed by atoms with Crippen molar-refractivity contribution in [2.24, 2.45) is 10.7 Å². The summed E-state index contributed by atoms with van der Waals surface area (Å²) in [5, 5.41) is 1.61. The van der Waals surface area contributed by atoms with Gasteiger partial charge in [0, 0.05) is 35.3 Å². The topological polar surface area (TPSA) is 71.8 Å². The molecule has 0 aliphatic heterocycles. The van der Waals surface area contributed by atoms with E-state index < -0.39 is 5.91 Å². The van der Waals surface area contributed by atoms with Crippen LogP contribution in [-0.2, 0) is 0 Å². The van der Waals surface area contributed by atoms with Crippen LogP contribution < -0.4 is 16.2 Å². The summed E-state index contributed by atoms with van der Waals surface area (Å²) in [6, 6.07) is 12.4. The van der Waals surface area contributed by atoms with Crippen molar-refractivity contribution >= 4 is 51.5 Å². The van der Waals surface area contributed by atoms with Crippen LogP contribution in [0.4, 0.5) is 11.4 Å². The second kappa shape index (κ2) is 8.03. The predicted octanol–water partition coefficient (Wildman–Crippen LogP) is 4.92. The van der Waals surface area contributed by atoms with Gasteiger partial charge in [-0.2, -0.15) is 0 Å². The zero-order chi connectivity index (χ0) is 19.6. The molecule has 2 N–H and O–H groups in total. The normalized spacial score (nSPS) is 11.8. The van der Waals surface area contributed by atoms with E-state index in [0.717, 1.165) is 24.2 Å². The maximum absolute atomic E-state index is 11.9. The molecule has 27 heavy (non-hydrogen) atoms. The Kier molecular flexibility index (Phi) is 5.73. The number of hydrogen-bond acceptors (Lipinski definition) is 4. The van der Waals surface area contributed by atoms with Crippen LogP contribution in [0.25, 0.3) is 11.0 Å². The van der Waals surface area contributed by atoms with E-state index in [-0.39, 0.29) is 11.1 Å². The third kappa shape index (κ3) is 4.10. The molecule has 5 nitrogen and oxygen atoms in total. The fourth-order valence-electron chi connectivity index (χ4n) is 2.83. The van der Waals surface area contributed by atoms with Gasteiger partial charge in [-0.3, -0.25) is 4.79 Å². The lowest BCUT2D eigenvalue weighted by atomic mass is 10.1. The number of nitrogens with zero attached hydrogens (tertiary/aromatic N) is 2. The fourth-order valence-corrected chi connectivity index (χ4v) is 3.28. The molecular weight excluding hydrogens is 385 g/mol. The lowest BCUT2D eigenvalue weighted by molar-refractivity contribution is 0.0996. The van der Waals surface area contributed by atoms with Crippen molar-refractivity contribution in [2.75, 3.05) is 18.0 Å². The molecule has 0 unspecified atom stereocenters. The Morgan fingerprint density at radius 1 is 1.11 bits per heavy atom. The van der Waals surface area contributed by atoms with Crippen LogP contribution in [0.2, 0.25) is 10.0 Å². The SMILES string of the molecule is CCN(CC)c1ccc2cc(C(N)=O)c(=Nc3ccc(Cl)cc3Cl)oc2c1. The molecule has 3 rings (SSSR count). The minimum atomic E-state index is -0.627. The van der Waals surface area contributed by atoms with Gasteiger partial charge in [-0.1, -0.05) is 23.2 Å². The number of fused-ring (bicyclic) bond motifs is 1. The average molecular weight is 404 g/mol. The largest absolute Gasteiger partial charge is 0.437 e. The summed E-state index contributed by atoms with van der Waals surface area (Å²) in [6.07, 6.45) is 0. The van der Waals surface area contributed by atoms with Crippen molar-refractivity contribution in [3.8, 4) is 0 Å². The number of halogens is 2. The summed E-state index contributed by atoms with van der Waals surface area (Å²) >= 11 is 12.1. The summed E-state index contributed by atoms with van der Waals surface area (Å²) in [7, 11) is 0. The van der Waals surface area contributed by atoms with Crippen LogP contribution in [0.5, 0.6) is 0 Å². The molecule has 1 aromatic heterocycles. The van der Waals surface area contributed by atoms with Crippen LogP contribution in [0.3, 0.4) is 0 Å². The maximum atomic E-state index is 11.9. The Morgan fingerprint density at radius 3 is 2.48 bits per heavy atom. The zero-order valence-corrected chi connectivity index (χ0v) is 16.5. The minimum Gasteiger partial charge on any atom is -0.437 e. The first-order chi connectivity index (χ1) is 12.9. The number of amides is 1. The molecule has 140 valence electrons. The molecule has 1 amide bonds. The molecule has 0 atom stereocenters. The van der Waals surface area contributed by atoms with Crippen LogP contribution in [0.15, 0.2) is 51.9 Å². The molecule has 2 aromatic carbocycles. The van der Waals surface area contributed by atoms with Crippen LogP contribution in [0, 0.1) is 0 Å².